The molecule has 8 nitrogen and oxygen atoms in total. The highest BCUT2D eigenvalue weighted by molar-refractivity contribution is 6.04. The number of aliphatic hydroxyl groups excluding tert-OH is 1. The molecule has 0 spiro atoms. The first kappa shape index (κ1) is 17.0. The van der Waals surface area contributed by atoms with E-state index in [9.17, 15) is 15.2 Å². The van der Waals surface area contributed by atoms with E-state index in [4.69, 9.17) is 0 Å². The molecule has 116 valence electrons. The average molecular weight is 303 g/mol. The summed E-state index contributed by atoms with van der Waals surface area (Å²) in [4.78, 5) is 17.7. The molecule has 2 aromatic rings. The maximum atomic E-state index is 10.7. The molecule has 1 N–H and O–H groups in total. The molecular formula is C14H17N5O3. The molecule has 0 atom stereocenters. The Bertz CT molecular complexity index is 746. The Hall–Kier alpha value is -3.03. The Labute approximate surface area is 127 Å². The van der Waals surface area contributed by atoms with Crippen LogP contribution in [0.4, 0.5) is 0 Å². The van der Waals surface area contributed by atoms with Crippen LogP contribution in [-0.2, 0) is 0 Å². The van der Waals surface area contributed by atoms with Crippen LogP contribution >= 0.6 is 0 Å². The molecule has 22 heavy (non-hydrogen) atoms. The molecule has 0 aliphatic carbocycles. The van der Waals surface area contributed by atoms with Crippen LogP contribution in [0.15, 0.2) is 54.0 Å². The summed E-state index contributed by atoms with van der Waals surface area (Å²) >= 11 is 0. The summed E-state index contributed by atoms with van der Waals surface area (Å²) in [6.07, 6.45) is 7.31. The lowest BCUT2D eigenvalue weighted by atomic mass is 10.2. The van der Waals surface area contributed by atoms with Crippen molar-refractivity contribution in [3.8, 4) is 0 Å². The minimum absolute atomic E-state index is 0.381. The van der Waals surface area contributed by atoms with Gasteiger partial charge in [-0.25, -0.2) is 9.51 Å². The van der Waals surface area contributed by atoms with Gasteiger partial charge in [-0.2, -0.15) is 5.10 Å². The Morgan fingerprint density at radius 2 is 2.18 bits per heavy atom. The number of aliphatic imine (C=N–C) groups is 1. The summed E-state index contributed by atoms with van der Waals surface area (Å²) in [7, 11) is 0. The van der Waals surface area contributed by atoms with Crippen molar-refractivity contribution >= 4 is 11.2 Å². The molecule has 0 fully saturated rings. The van der Waals surface area contributed by atoms with Gasteiger partial charge in [-0.05, 0) is 6.92 Å². The van der Waals surface area contributed by atoms with Gasteiger partial charge in [0.05, 0.1) is 28.5 Å². The fourth-order valence-corrected chi connectivity index (χ4v) is 1.64. The number of aromatic nitrogens is 3. The van der Waals surface area contributed by atoms with E-state index >= 15 is 0 Å². The van der Waals surface area contributed by atoms with E-state index in [1.54, 1.807) is 36.2 Å². The predicted octanol–water partition coefficient (Wildman–Crippen LogP) is 2.75. The molecule has 0 aromatic carbocycles. The van der Waals surface area contributed by atoms with E-state index in [2.05, 4.69) is 21.7 Å². The Morgan fingerprint density at radius 3 is 2.77 bits per heavy atom. The molecular weight excluding hydrogens is 286 g/mol. The molecule has 0 unspecified atom stereocenters. The van der Waals surface area contributed by atoms with Crippen molar-refractivity contribution in [2.45, 2.75) is 20.8 Å². The van der Waals surface area contributed by atoms with Gasteiger partial charge in [0.15, 0.2) is 0 Å². The van der Waals surface area contributed by atoms with Crippen molar-refractivity contribution in [3.05, 3.63) is 64.7 Å². The largest absolute Gasteiger partial charge is 0.488 e. The number of allylic oxidation sites excluding steroid dienone is 1. The molecule has 2 heterocycles. The summed E-state index contributed by atoms with van der Waals surface area (Å²) in [6.45, 7) is 8.88. The van der Waals surface area contributed by atoms with E-state index in [1.165, 1.54) is 0 Å². The third-order valence-electron chi connectivity index (χ3n) is 2.61. The smallest absolute Gasteiger partial charge is 0.330 e. The highest BCUT2D eigenvalue weighted by atomic mass is 16.6. The van der Waals surface area contributed by atoms with Crippen LogP contribution in [0.5, 0.6) is 0 Å². The van der Waals surface area contributed by atoms with E-state index in [0.717, 1.165) is 6.08 Å². The van der Waals surface area contributed by atoms with Crippen LogP contribution in [0.1, 0.15) is 26.3 Å². The van der Waals surface area contributed by atoms with E-state index in [1.807, 2.05) is 13.8 Å². The molecule has 0 saturated carbocycles. The van der Waals surface area contributed by atoms with Crippen LogP contribution in [0, 0.1) is 10.1 Å². The zero-order chi connectivity index (χ0) is 16.7. The summed E-state index contributed by atoms with van der Waals surface area (Å²) in [5.41, 5.74) is 1.13. The van der Waals surface area contributed by atoms with Crippen molar-refractivity contribution in [1.29, 1.82) is 0 Å². The van der Waals surface area contributed by atoms with Crippen molar-refractivity contribution < 1.29 is 10.0 Å². The van der Waals surface area contributed by atoms with Crippen molar-refractivity contribution in [2.75, 3.05) is 0 Å². The third-order valence-corrected chi connectivity index (χ3v) is 2.61. The molecule has 2 aromatic heterocycles. The fourth-order valence-electron chi connectivity index (χ4n) is 1.64. The number of rotatable bonds is 4. The fraction of sp³-hybridized carbons (Fsp3) is 0.214. The Kier molecular flexibility index (Phi) is 5.94. The van der Waals surface area contributed by atoms with E-state index < -0.39 is 16.5 Å². The standard InChI is InChI=1S/C12H11N5O3.C2H6/c1-3-10(17(19)20)12(18)15-8(2)9-6-14-16-5-4-13-7-11(9)16;1-2/h3-7,18H,1H2,2H3;1-2H3/b12-10-,15-8+;. The number of hydrogen-bond donors (Lipinski definition) is 1. The van der Waals surface area contributed by atoms with Gasteiger partial charge in [-0.1, -0.05) is 20.4 Å². The van der Waals surface area contributed by atoms with Gasteiger partial charge in [0.2, 0.25) is 0 Å². The SMILES string of the molecule is C=C/C(=C(O)\N=C(/C)c1cnn2ccncc12)[N+](=O)[O-].CC. The third kappa shape index (κ3) is 3.54. The number of hydrogen-bond acceptors (Lipinski definition) is 6. The molecule has 2 rings (SSSR count). The zero-order valence-corrected chi connectivity index (χ0v) is 12.6. The van der Waals surface area contributed by atoms with Gasteiger partial charge in [0.1, 0.15) is 0 Å². The second-order valence-corrected chi connectivity index (χ2v) is 3.83. The van der Waals surface area contributed by atoms with Gasteiger partial charge in [-0.15, -0.1) is 0 Å². The topological polar surface area (TPSA) is 106 Å². The maximum absolute atomic E-state index is 10.7. The first-order valence-electron chi connectivity index (χ1n) is 6.57. The number of nitrogens with zero attached hydrogens (tertiary/aromatic N) is 5. The van der Waals surface area contributed by atoms with Crippen molar-refractivity contribution in [3.63, 3.8) is 0 Å². The minimum atomic E-state index is -0.753. The lowest BCUT2D eigenvalue weighted by Crippen LogP contribution is -2.02. The number of nitro groups is 1. The Balaban J connectivity index is 0.00000116. The summed E-state index contributed by atoms with van der Waals surface area (Å²) in [5, 5.41) is 24.4. The normalized spacial score (nSPS) is 12.2. The molecule has 0 amide bonds. The lowest BCUT2D eigenvalue weighted by Gasteiger charge is -1.99. The van der Waals surface area contributed by atoms with Crippen molar-refractivity contribution in [2.24, 2.45) is 4.99 Å². The lowest BCUT2D eigenvalue weighted by molar-refractivity contribution is -0.422. The van der Waals surface area contributed by atoms with Crippen LogP contribution < -0.4 is 0 Å². The summed E-state index contributed by atoms with van der Waals surface area (Å²) in [6, 6.07) is 0. The van der Waals surface area contributed by atoms with Crippen LogP contribution in [0.2, 0.25) is 0 Å². The molecule has 0 radical (unpaired) electrons. The van der Waals surface area contributed by atoms with Gasteiger partial charge >= 0.3 is 5.70 Å². The molecule has 8 heteroatoms. The van der Waals surface area contributed by atoms with Gasteiger partial charge in [0, 0.05) is 24.0 Å². The Morgan fingerprint density at radius 1 is 1.50 bits per heavy atom. The average Bonchev–Trinajstić information content (AvgIpc) is 2.93. The summed E-state index contributed by atoms with van der Waals surface area (Å²) in [5.74, 6) is -0.703. The van der Waals surface area contributed by atoms with Crippen LogP contribution in [0.25, 0.3) is 5.52 Å². The highest BCUT2D eigenvalue weighted by Gasteiger charge is 2.15. The van der Waals surface area contributed by atoms with E-state index in [-0.39, 0.29) is 0 Å². The number of aliphatic hydroxyl groups is 1. The molecule has 0 aliphatic heterocycles. The minimum Gasteiger partial charge on any atom is -0.488 e. The first-order chi connectivity index (χ1) is 10.5. The second kappa shape index (κ2) is 7.67. The quantitative estimate of drug-likeness (QED) is 0.307. The van der Waals surface area contributed by atoms with Gasteiger partial charge < -0.3 is 5.11 Å². The van der Waals surface area contributed by atoms with Gasteiger partial charge in [-0.3, -0.25) is 15.1 Å². The maximum Gasteiger partial charge on any atom is 0.330 e. The first-order valence-corrected chi connectivity index (χ1v) is 6.57. The van der Waals surface area contributed by atoms with Crippen LogP contribution in [-0.4, -0.2) is 30.3 Å². The van der Waals surface area contributed by atoms with E-state index in [0.29, 0.717) is 16.8 Å². The molecule has 0 bridgehead atoms. The monoisotopic (exact) mass is 303 g/mol. The molecule has 0 saturated heterocycles. The van der Waals surface area contributed by atoms with Crippen molar-refractivity contribution in [1.82, 2.24) is 14.6 Å². The molecule has 0 aliphatic rings. The summed E-state index contributed by atoms with van der Waals surface area (Å²) < 4.78 is 1.59. The number of fused-ring (bicyclic) bond motifs is 1. The highest BCUT2D eigenvalue weighted by Crippen LogP contribution is 2.13. The predicted molar refractivity (Wildman–Crippen MR) is 83.4 cm³/mol. The van der Waals surface area contributed by atoms with Gasteiger partial charge in [0.25, 0.3) is 5.88 Å². The van der Waals surface area contributed by atoms with Crippen LogP contribution in [0.3, 0.4) is 0 Å². The zero-order valence-electron chi connectivity index (χ0n) is 12.6. The second-order valence-electron chi connectivity index (χ2n) is 3.83.